The SMILES string of the molecule is CC(=O)O.Cc1nc(/C(N)=C(\COC(=O)N2CCC3(CCC3)C2)N(C)N)ccc1OC1CCCC1. The summed E-state index contributed by atoms with van der Waals surface area (Å²) in [5, 5.41) is 8.81. The third-order valence-corrected chi connectivity index (χ3v) is 7.09. The van der Waals surface area contributed by atoms with E-state index in [-0.39, 0.29) is 18.8 Å². The lowest BCUT2D eigenvalue weighted by molar-refractivity contribution is -0.134. The number of carboxylic acid groups (broad SMARTS) is 1. The van der Waals surface area contributed by atoms with Crippen molar-refractivity contribution in [3.05, 3.63) is 29.2 Å². The zero-order valence-electron chi connectivity index (χ0n) is 21.1. The number of likely N-dealkylation sites (tertiary alicyclic amines) is 1. The van der Waals surface area contributed by atoms with Gasteiger partial charge in [0.25, 0.3) is 5.97 Å². The second-order valence-corrected chi connectivity index (χ2v) is 9.87. The molecule has 0 unspecified atom stereocenters. The molecule has 4 rings (SSSR count). The molecule has 5 N–H and O–H groups in total. The predicted molar refractivity (Wildman–Crippen MR) is 132 cm³/mol. The van der Waals surface area contributed by atoms with Gasteiger partial charge < -0.3 is 30.2 Å². The number of pyridine rings is 1. The van der Waals surface area contributed by atoms with Gasteiger partial charge in [0, 0.05) is 27.1 Å². The first kappa shape index (κ1) is 26.6. The molecule has 2 aliphatic carbocycles. The fraction of sp³-hybridized carbons (Fsp3) is 0.640. The van der Waals surface area contributed by atoms with Crippen LogP contribution in [0.3, 0.4) is 0 Å². The molecule has 0 aromatic carbocycles. The average Bonchev–Trinajstić information content (AvgIpc) is 3.44. The van der Waals surface area contributed by atoms with Gasteiger partial charge in [-0.2, -0.15) is 0 Å². The van der Waals surface area contributed by atoms with E-state index in [0.717, 1.165) is 50.7 Å². The first-order chi connectivity index (χ1) is 16.6. The molecule has 1 amide bonds. The number of hydrazine groups is 1. The highest BCUT2D eigenvalue weighted by Crippen LogP contribution is 2.48. The molecule has 10 heteroatoms. The Balaban J connectivity index is 0.000000795. The second-order valence-electron chi connectivity index (χ2n) is 9.87. The Morgan fingerprint density at radius 3 is 2.40 bits per heavy atom. The minimum Gasteiger partial charge on any atom is -0.489 e. The molecule has 0 radical (unpaired) electrons. The number of likely N-dealkylation sites (N-methyl/N-ethyl adjacent to an activating group) is 1. The molecule has 3 aliphatic rings. The van der Waals surface area contributed by atoms with Crippen LogP contribution in [0.1, 0.15) is 69.7 Å². The summed E-state index contributed by atoms with van der Waals surface area (Å²) >= 11 is 0. The summed E-state index contributed by atoms with van der Waals surface area (Å²) in [6, 6.07) is 3.74. The minimum absolute atomic E-state index is 0.00220. The molecule has 2 saturated carbocycles. The number of aryl methyl sites for hydroxylation is 1. The van der Waals surface area contributed by atoms with Gasteiger partial charge in [0.2, 0.25) is 0 Å². The minimum atomic E-state index is -0.833. The zero-order valence-corrected chi connectivity index (χ0v) is 21.1. The zero-order chi connectivity index (χ0) is 25.6. The van der Waals surface area contributed by atoms with E-state index in [2.05, 4.69) is 4.98 Å². The van der Waals surface area contributed by atoms with Gasteiger partial charge in [-0.1, -0.05) is 6.42 Å². The highest BCUT2D eigenvalue weighted by molar-refractivity contribution is 5.69. The van der Waals surface area contributed by atoms with Crippen LogP contribution in [0.5, 0.6) is 5.75 Å². The van der Waals surface area contributed by atoms with Gasteiger partial charge in [-0.05, 0) is 69.4 Å². The topological polar surface area (TPSA) is 144 Å². The quantitative estimate of drug-likeness (QED) is 0.405. The van der Waals surface area contributed by atoms with Gasteiger partial charge in [0.15, 0.2) is 0 Å². The molecule has 3 fully saturated rings. The van der Waals surface area contributed by atoms with Crippen LogP contribution in [0.2, 0.25) is 0 Å². The van der Waals surface area contributed by atoms with Crippen LogP contribution in [0, 0.1) is 12.3 Å². The summed E-state index contributed by atoms with van der Waals surface area (Å²) in [4.78, 5) is 28.0. The summed E-state index contributed by atoms with van der Waals surface area (Å²) < 4.78 is 11.7. The van der Waals surface area contributed by atoms with Crippen LogP contribution in [0.25, 0.3) is 5.70 Å². The maximum absolute atomic E-state index is 12.6. The number of nitrogens with zero attached hydrogens (tertiary/aromatic N) is 3. The first-order valence-corrected chi connectivity index (χ1v) is 12.3. The third-order valence-electron chi connectivity index (χ3n) is 7.09. The maximum Gasteiger partial charge on any atom is 0.410 e. The van der Waals surface area contributed by atoms with Crippen molar-refractivity contribution in [3.8, 4) is 5.75 Å². The Morgan fingerprint density at radius 1 is 1.23 bits per heavy atom. The standard InChI is InChI=1S/C23H35N5O3.C2H4O2/c1-16-20(31-17-6-3-4-7-17)9-8-18(26-16)21(24)19(27(2)25)14-30-22(29)28-13-12-23(15-28)10-5-11-23;1-2(3)4/h8-9,17H,3-7,10-15,24-25H2,1-2H3;1H3,(H,3,4)/b21-19-;. The number of nitrogens with two attached hydrogens (primary N) is 2. The molecule has 35 heavy (non-hydrogen) atoms. The van der Waals surface area contributed by atoms with Crippen LogP contribution in [-0.4, -0.2) is 64.9 Å². The molecular weight excluding hydrogens is 450 g/mol. The monoisotopic (exact) mass is 489 g/mol. The molecule has 1 aromatic rings. The summed E-state index contributed by atoms with van der Waals surface area (Å²) in [5.74, 6) is 5.96. The molecule has 1 aromatic heterocycles. The summed E-state index contributed by atoms with van der Waals surface area (Å²) in [7, 11) is 1.68. The van der Waals surface area contributed by atoms with Gasteiger partial charge in [-0.25, -0.2) is 15.6 Å². The third kappa shape index (κ3) is 7.00. The van der Waals surface area contributed by atoms with E-state index in [1.165, 1.54) is 37.1 Å². The number of rotatable bonds is 6. The average molecular weight is 490 g/mol. The van der Waals surface area contributed by atoms with Crippen molar-refractivity contribution >= 4 is 17.8 Å². The van der Waals surface area contributed by atoms with Crippen LogP contribution in [0.15, 0.2) is 17.8 Å². The van der Waals surface area contributed by atoms with E-state index in [1.54, 1.807) is 11.9 Å². The number of carbonyl (C=O) groups excluding carboxylic acids is 1. The van der Waals surface area contributed by atoms with E-state index < -0.39 is 5.97 Å². The van der Waals surface area contributed by atoms with Gasteiger partial charge in [-0.15, -0.1) is 0 Å². The largest absolute Gasteiger partial charge is 0.489 e. The van der Waals surface area contributed by atoms with Gasteiger partial charge in [0.05, 0.1) is 28.9 Å². The molecule has 194 valence electrons. The first-order valence-electron chi connectivity index (χ1n) is 12.3. The second kappa shape index (κ2) is 11.6. The Hall–Kier alpha value is -3.01. The van der Waals surface area contributed by atoms with Gasteiger partial charge in [0.1, 0.15) is 12.4 Å². The fourth-order valence-electron chi connectivity index (χ4n) is 4.92. The highest BCUT2D eigenvalue weighted by Gasteiger charge is 2.44. The lowest BCUT2D eigenvalue weighted by Gasteiger charge is -2.37. The molecular formula is C25H39N5O5. The fourth-order valence-corrected chi connectivity index (χ4v) is 4.92. The van der Waals surface area contributed by atoms with Gasteiger partial charge in [-0.3, -0.25) is 4.79 Å². The summed E-state index contributed by atoms with van der Waals surface area (Å²) in [6.07, 6.45) is 9.35. The number of hydrogen-bond donors (Lipinski definition) is 3. The van der Waals surface area contributed by atoms with Crippen molar-refractivity contribution in [3.63, 3.8) is 0 Å². The molecule has 1 spiro atoms. The number of aromatic nitrogens is 1. The van der Waals surface area contributed by atoms with Crippen LogP contribution in [0.4, 0.5) is 4.79 Å². The maximum atomic E-state index is 12.6. The van der Waals surface area contributed by atoms with Crippen molar-refractivity contribution in [2.75, 3.05) is 26.7 Å². The predicted octanol–water partition coefficient (Wildman–Crippen LogP) is 3.25. The van der Waals surface area contributed by atoms with Crippen molar-refractivity contribution in [1.29, 1.82) is 0 Å². The van der Waals surface area contributed by atoms with Crippen molar-refractivity contribution in [2.45, 2.75) is 71.3 Å². The number of amides is 1. The summed E-state index contributed by atoms with van der Waals surface area (Å²) in [6.45, 7) is 4.55. The van der Waals surface area contributed by atoms with E-state index in [9.17, 15) is 4.79 Å². The van der Waals surface area contributed by atoms with Crippen molar-refractivity contribution in [1.82, 2.24) is 14.9 Å². The molecule has 0 bridgehead atoms. The van der Waals surface area contributed by atoms with E-state index in [0.29, 0.717) is 22.5 Å². The van der Waals surface area contributed by atoms with Crippen molar-refractivity contribution in [2.24, 2.45) is 17.0 Å². The van der Waals surface area contributed by atoms with Crippen LogP contribution < -0.4 is 16.3 Å². The number of aliphatic carboxylic acids is 1. The number of ether oxygens (including phenoxy) is 2. The van der Waals surface area contributed by atoms with Crippen LogP contribution >= 0.6 is 0 Å². The Bertz CT molecular complexity index is 934. The number of carboxylic acids is 1. The molecule has 0 atom stereocenters. The highest BCUT2D eigenvalue weighted by atomic mass is 16.6. The number of hydrogen-bond acceptors (Lipinski definition) is 8. The Labute approximate surface area is 207 Å². The smallest absolute Gasteiger partial charge is 0.410 e. The lowest BCUT2D eigenvalue weighted by Crippen LogP contribution is -2.37. The van der Waals surface area contributed by atoms with E-state index >= 15 is 0 Å². The molecule has 1 aliphatic heterocycles. The molecule has 2 heterocycles. The molecule has 10 nitrogen and oxygen atoms in total. The molecule has 1 saturated heterocycles. The summed E-state index contributed by atoms with van der Waals surface area (Å²) in [5.41, 5.74) is 9.01. The van der Waals surface area contributed by atoms with E-state index in [1.807, 2.05) is 19.1 Å². The lowest BCUT2D eigenvalue weighted by atomic mass is 9.68. The van der Waals surface area contributed by atoms with Crippen molar-refractivity contribution < 1.29 is 24.2 Å². The van der Waals surface area contributed by atoms with Crippen LogP contribution in [-0.2, 0) is 9.53 Å². The van der Waals surface area contributed by atoms with Gasteiger partial charge >= 0.3 is 6.09 Å². The van der Waals surface area contributed by atoms with E-state index in [4.69, 9.17) is 31.0 Å². The normalized spacial score (nSPS) is 19.4. The Morgan fingerprint density at radius 2 is 1.89 bits per heavy atom. The Kier molecular flexibility index (Phi) is 8.82. The number of carbonyl (C=O) groups is 2.